The van der Waals surface area contributed by atoms with Crippen molar-refractivity contribution in [3.63, 3.8) is 0 Å². The summed E-state index contributed by atoms with van der Waals surface area (Å²) in [5.74, 6) is 0.640. The zero-order chi connectivity index (χ0) is 20.4. The van der Waals surface area contributed by atoms with Crippen LogP contribution in [0.15, 0.2) is 27.8 Å². The topological polar surface area (TPSA) is 80.9 Å². The normalized spacial score (nSPS) is 14.4. The first-order valence-electron chi connectivity index (χ1n) is 9.81. The molecule has 1 amide bonds. The van der Waals surface area contributed by atoms with Gasteiger partial charge in [0.2, 0.25) is 5.91 Å². The Morgan fingerprint density at radius 1 is 1.24 bits per heavy atom. The molecule has 1 aliphatic carbocycles. The minimum absolute atomic E-state index is 0.0311. The summed E-state index contributed by atoms with van der Waals surface area (Å²) in [6.07, 6.45) is 4.83. The lowest BCUT2D eigenvalue weighted by Gasteiger charge is -2.20. The maximum Gasteiger partial charge on any atom is 0.277 e. The molecule has 2 heterocycles. The number of carbonyl (C=O) groups is 1. The quantitative estimate of drug-likeness (QED) is 0.575. The molecule has 2 aromatic heterocycles. The molecule has 0 unspecified atom stereocenters. The summed E-state index contributed by atoms with van der Waals surface area (Å²) >= 11 is 2.77. The maximum atomic E-state index is 12.4. The van der Waals surface area contributed by atoms with Crippen LogP contribution in [-0.2, 0) is 17.6 Å². The van der Waals surface area contributed by atoms with E-state index in [9.17, 15) is 4.79 Å². The van der Waals surface area contributed by atoms with E-state index in [0.717, 1.165) is 27.6 Å². The number of nitrogens with zero attached hydrogens (tertiary/aromatic N) is 3. The van der Waals surface area contributed by atoms with Gasteiger partial charge in [0.25, 0.3) is 11.1 Å². The summed E-state index contributed by atoms with van der Waals surface area (Å²) in [5, 5.41) is 12.6. The van der Waals surface area contributed by atoms with Crippen LogP contribution in [-0.4, -0.2) is 26.8 Å². The smallest absolute Gasteiger partial charge is 0.277 e. The van der Waals surface area contributed by atoms with E-state index in [1.54, 1.807) is 0 Å². The maximum absolute atomic E-state index is 12.4. The van der Waals surface area contributed by atoms with E-state index in [1.807, 2.05) is 20.8 Å². The third kappa shape index (κ3) is 4.70. The van der Waals surface area contributed by atoms with Gasteiger partial charge in [-0.2, -0.15) is 0 Å². The fraction of sp³-hybridized carbons (Fsp3) is 0.429. The van der Waals surface area contributed by atoms with Gasteiger partial charge in [0, 0.05) is 0 Å². The van der Waals surface area contributed by atoms with E-state index in [1.165, 1.54) is 53.5 Å². The van der Waals surface area contributed by atoms with Gasteiger partial charge in [0.15, 0.2) is 0 Å². The molecule has 1 N–H and O–H groups in total. The Balaban J connectivity index is 1.33. The van der Waals surface area contributed by atoms with Crippen molar-refractivity contribution in [3.8, 4) is 10.8 Å². The van der Waals surface area contributed by atoms with Crippen LogP contribution in [0.4, 0.5) is 0 Å². The van der Waals surface area contributed by atoms with Gasteiger partial charge in [-0.1, -0.05) is 30.0 Å². The number of hydrogen-bond donors (Lipinski definition) is 1. The predicted molar refractivity (Wildman–Crippen MR) is 115 cm³/mol. The molecule has 6 nitrogen and oxygen atoms in total. The zero-order valence-corrected chi connectivity index (χ0v) is 18.5. The molecular weight excluding hydrogens is 404 g/mol. The Morgan fingerprint density at radius 2 is 2.03 bits per heavy atom. The van der Waals surface area contributed by atoms with Crippen molar-refractivity contribution >= 4 is 29.0 Å². The van der Waals surface area contributed by atoms with Crippen LogP contribution in [0.5, 0.6) is 0 Å². The van der Waals surface area contributed by atoms with Gasteiger partial charge < -0.3 is 9.73 Å². The number of amides is 1. The van der Waals surface area contributed by atoms with Crippen LogP contribution in [0, 0.1) is 13.8 Å². The molecule has 4 rings (SSSR count). The minimum Gasteiger partial charge on any atom is -0.410 e. The van der Waals surface area contributed by atoms with Crippen molar-refractivity contribution in [2.75, 3.05) is 5.75 Å². The lowest BCUT2D eigenvalue weighted by atomic mass is 9.89. The van der Waals surface area contributed by atoms with E-state index >= 15 is 0 Å². The molecule has 152 valence electrons. The summed E-state index contributed by atoms with van der Waals surface area (Å²) in [5.41, 5.74) is 4.91. The van der Waals surface area contributed by atoms with Crippen molar-refractivity contribution in [2.24, 2.45) is 0 Å². The number of thiazole rings is 1. The molecule has 0 fully saturated rings. The molecule has 0 saturated heterocycles. The molecule has 3 aromatic rings. The fourth-order valence-corrected chi connectivity index (χ4v) is 5.02. The highest BCUT2D eigenvalue weighted by atomic mass is 32.2. The van der Waals surface area contributed by atoms with Crippen molar-refractivity contribution in [1.82, 2.24) is 20.5 Å². The van der Waals surface area contributed by atoms with Crippen LogP contribution < -0.4 is 5.32 Å². The molecule has 8 heteroatoms. The molecule has 1 aromatic carbocycles. The molecule has 0 spiro atoms. The van der Waals surface area contributed by atoms with Crippen molar-refractivity contribution in [1.29, 1.82) is 0 Å². The first-order valence-corrected chi connectivity index (χ1v) is 11.6. The van der Waals surface area contributed by atoms with Crippen molar-refractivity contribution < 1.29 is 9.21 Å². The number of aromatic nitrogens is 3. The third-order valence-electron chi connectivity index (χ3n) is 5.08. The summed E-state index contributed by atoms with van der Waals surface area (Å²) in [6.45, 7) is 5.89. The second-order valence-electron chi connectivity index (χ2n) is 7.33. The first-order chi connectivity index (χ1) is 14.0. The van der Waals surface area contributed by atoms with Gasteiger partial charge in [-0.15, -0.1) is 21.5 Å². The lowest BCUT2D eigenvalue weighted by Crippen LogP contribution is -2.28. The fourth-order valence-electron chi connectivity index (χ4n) is 3.61. The minimum atomic E-state index is -0.0511. The predicted octanol–water partition coefficient (Wildman–Crippen LogP) is 4.66. The Labute approximate surface area is 178 Å². The number of benzene rings is 1. The van der Waals surface area contributed by atoms with E-state index in [4.69, 9.17) is 4.42 Å². The van der Waals surface area contributed by atoms with E-state index < -0.39 is 0 Å². The van der Waals surface area contributed by atoms with Crippen LogP contribution >= 0.6 is 23.1 Å². The standard InChI is InChI=1S/C21H24N4O2S2/c1-12(16-9-8-15-6-4-5-7-17(15)10-16)23-18(26)11-28-21-25-24-20(27-21)19-13(2)22-14(3)29-19/h8-10,12H,4-7,11H2,1-3H3,(H,23,26)/t12-/m1/s1. The highest BCUT2D eigenvalue weighted by molar-refractivity contribution is 7.99. The number of aryl methyl sites for hydroxylation is 4. The molecular formula is C21H24N4O2S2. The van der Waals surface area contributed by atoms with Crippen LogP contribution in [0.2, 0.25) is 0 Å². The van der Waals surface area contributed by atoms with E-state index in [-0.39, 0.29) is 17.7 Å². The Hall–Kier alpha value is -2.19. The zero-order valence-electron chi connectivity index (χ0n) is 16.8. The Bertz CT molecular complexity index is 1030. The summed E-state index contributed by atoms with van der Waals surface area (Å²) in [4.78, 5) is 17.7. The van der Waals surface area contributed by atoms with E-state index in [0.29, 0.717) is 11.1 Å². The van der Waals surface area contributed by atoms with Crippen LogP contribution in [0.25, 0.3) is 10.8 Å². The molecule has 0 radical (unpaired) electrons. The van der Waals surface area contributed by atoms with Crippen molar-refractivity contribution in [2.45, 2.75) is 57.7 Å². The molecule has 1 atom stereocenters. The number of nitrogens with one attached hydrogen (secondary N) is 1. The number of hydrogen-bond acceptors (Lipinski definition) is 7. The monoisotopic (exact) mass is 428 g/mol. The van der Waals surface area contributed by atoms with E-state index in [2.05, 4.69) is 38.7 Å². The average Bonchev–Trinajstić information content (AvgIpc) is 3.31. The van der Waals surface area contributed by atoms with Gasteiger partial charge in [-0.25, -0.2) is 4.98 Å². The second kappa shape index (κ2) is 8.67. The summed E-state index contributed by atoms with van der Waals surface area (Å²) < 4.78 is 5.70. The number of fused-ring (bicyclic) bond motifs is 1. The first kappa shape index (κ1) is 20.1. The Morgan fingerprint density at radius 3 is 2.79 bits per heavy atom. The largest absolute Gasteiger partial charge is 0.410 e. The summed E-state index contributed by atoms with van der Waals surface area (Å²) in [7, 11) is 0. The highest BCUT2D eigenvalue weighted by Crippen LogP contribution is 2.30. The number of carbonyl (C=O) groups excluding carboxylic acids is 1. The van der Waals surface area contributed by atoms with Gasteiger partial charge in [0.1, 0.15) is 4.88 Å². The third-order valence-corrected chi connectivity index (χ3v) is 6.96. The average molecular weight is 429 g/mol. The molecule has 0 bridgehead atoms. The highest BCUT2D eigenvalue weighted by Gasteiger charge is 2.17. The molecule has 29 heavy (non-hydrogen) atoms. The summed E-state index contributed by atoms with van der Waals surface area (Å²) in [6, 6.07) is 6.56. The van der Waals surface area contributed by atoms with Crippen LogP contribution in [0.3, 0.4) is 0 Å². The van der Waals surface area contributed by atoms with Gasteiger partial charge in [-0.3, -0.25) is 4.79 Å². The molecule has 1 aliphatic rings. The Kier molecular flexibility index (Phi) is 6.01. The van der Waals surface area contributed by atoms with Gasteiger partial charge >= 0.3 is 0 Å². The SMILES string of the molecule is Cc1nc(C)c(-c2nnc(SCC(=O)N[C@H](C)c3ccc4c(c3)CCCC4)o2)s1. The van der Waals surface area contributed by atoms with Crippen LogP contribution in [0.1, 0.15) is 53.2 Å². The van der Waals surface area contributed by atoms with Gasteiger partial charge in [0.05, 0.1) is 22.5 Å². The van der Waals surface area contributed by atoms with Crippen molar-refractivity contribution in [3.05, 3.63) is 45.6 Å². The number of rotatable bonds is 6. The number of thioether (sulfide) groups is 1. The lowest BCUT2D eigenvalue weighted by molar-refractivity contribution is -0.119. The van der Waals surface area contributed by atoms with Gasteiger partial charge in [-0.05, 0) is 63.1 Å². The molecule has 0 saturated carbocycles. The second-order valence-corrected chi connectivity index (χ2v) is 9.46. The molecule has 0 aliphatic heterocycles.